The van der Waals surface area contributed by atoms with Crippen LogP contribution in [0.4, 0.5) is 11.4 Å². The van der Waals surface area contributed by atoms with Crippen molar-refractivity contribution in [2.24, 2.45) is 5.92 Å². The molecule has 0 radical (unpaired) electrons. The summed E-state index contributed by atoms with van der Waals surface area (Å²) in [5, 5.41) is 5.55. The maximum atomic E-state index is 12.8. The second kappa shape index (κ2) is 7.39. The molecule has 1 fully saturated rings. The number of hydrogen-bond acceptors (Lipinski definition) is 3. The smallest absolute Gasteiger partial charge is 0.230 e. The Bertz CT molecular complexity index is 818. The number of nitrogens with zero attached hydrogens (tertiary/aromatic N) is 1. The summed E-state index contributed by atoms with van der Waals surface area (Å²) in [7, 11) is 1.73. The number of anilines is 2. The summed E-state index contributed by atoms with van der Waals surface area (Å²) in [6, 6.07) is 16.2. The molecule has 0 spiro atoms. The van der Waals surface area contributed by atoms with Crippen LogP contribution in [0, 0.1) is 5.92 Å². The monoisotopic (exact) mass is 351 g/mol. The molecule has 3 rings (SSSR count). The number of hydrogen-bond donors (Lipinski definition) is 2. The Morgan fingerprint density at radius 1 is 0.962 bits per heavy atom. The predicted octanol–water partition coefficient (Wildman–Crippen LogP) is 2.80. The molecule has 1 aliphatic heterocycles. The lowest BCUT2D eigenvalue weighted by Gasteiger charge is -2.25. The highest BCUT2D eigenvalue weighted by molar-refractivity contribution is 5.98. The first kappa shape index (κ1) is 17.7. The van der Waals surface area contributed by atoms with E-state index in [0.717, 1.165) is 5.56 Å². The summed E-state index contributed by atoms with van der Waals surface area (Å²) in [6.45, 7) is 1.44. The molecular formula is C20H21N3O3. The Morgan fingerprint density at radius 2 is 1.54 bits per heavy atom. The fourth-order valence-electron chi connectivity index (χ4n) is 3.29. The molecule has 0 unspecified atom stereocenters. The second-order valence-corrected chi connectivity index (χ2v) is 6.42. The van der Waals surface area contributed by atoms with E-state index in [9.17, 15) is 14.4 Å². The van der Waals surface area contributed by atoms with Gasteiger partial charge >= 0.3 is 0 Å². The molecule has 1 saturated heterocycles. The Labute approximate surface area is 152 Å². The summed E-state index contributed by atoms with van der Waals surface area (Å²) in [5.74, 6) is -0.839. The number of rotatable bonds is 4. The molecule has 2 aromatic rings. The summed E-state index contributed by atoms with van der Waals surface area (Å²) in [5.41, 5.74) is 2.23. The van der Waals surface area contributed by atoms with Gasteiger partial charge in [0, 0.05) is 31.8 Å². The van der Waals surface area contributed by atoms with E-state index >= 15 is 0 Å². The van der Waals surface area contributed by atoms with Gasteiger partial charge in [-0.05, 0) is 29.8 Å². The molecule has 2 atom stereocenters. The Kier molecular flexibility index (Phi) is 5.02. The van der Waals surface area contributed by atoms with E-state index in [-0.39, 0.29) is 30.2 Å². The average molecular weight is 351 g/mol. The van der Waals surface area contributed by atoms with Crippen molar-refractivity contribution in [3.05, 3.63) is 60.2 Å². The van der Waals surface area contributed by atoms with Crippen LogP contribution in [0.5, 0.6) is 0 Å². The number of nitrogens with one attached hydrogen (secondary N) is 2. The lowest BCUT2D eigenvalue weighted by atomic mass is 9.93. The first-order valence-electron chi connectivity index (χ1n) is 8.45. The molecule has 0 aromatic heterocycles. The van der Waals surface area contributed by atoms with Crippen LogP contribution < -0.4 is 10.6 Å². The minimum Gasteiger partial charge on any atom is -0.338 e. The topological polar surface area (TPSA) is 78.5 Å². The minimum atomic E-state index is -0.454. The molecule has 2 N–H and O–H groups in total. The SMILES string of the molecule is CC(=O)Nc1ccc(NC(=O)[C@H]2CC(=O)N(C)[C@@H]2c2ccccc2)cc1. The van der Waals surface area contributed by atoms with Gasteiger partial charge in [-0.2, -0.15) is 0 Å². The largest absolute Gasteiger partial charge is 0.338 e. The first-order chi connectivity index (χ1) is 12.5. The van der Waals surface area contributed by atoms with Gasteiger partial charge in [0.2, 0.25) is 17.7 Å². The first-order valence-corrected chi connectivity index (χ1v) is 8.45. The normalized spacial score (nSPS) is 19.3. The van der Waals surface area contributed by atoms with E-state index in [1.54, 1.807) is 36.2 Å². The Hall–Kier alpha value is -3.15. The quantitative estimate of drug-likeness (QED) is 0.889. The molecule has 3 amide bonds. The maximum absolute atomic E-state index is 12.8. The van der Waals surface area contributed by atoms with Gasteiger partial charge in [-0.3, -0.25) is 14.4 Å². The number of likely N-dealkylation sites (tertiary alicyclic amines) is 1. The van der Waals surface area contributed by atoms with Gasteiger partial charge in [-0.1, -0.05) is 30.3 Å². The van der Waals surface area contributed by atoms with Crippen LogP contribution in [0.2, 0.25) is 0 Å². The summed E-state index contributed by atoms with van der Waals surface area (Å²) in [6.07, 6.45) is 0.186. The van der Waals surface area contributed by atoms with Crippen molar-refractivity contribution in [3.8, 4) is 0 Å². The summed E-state index contributed by atoms with van der Waals surface area (Å²) < 4.78 is 0. The van der Waals surface area contributed by atoms with Gasteiger partial charge in [0.25, 0.3) is 0 Å². The number of benzene rings is 2. The standard InChI is InChI=1S/C20H21N3O3/c1-13(24)21-15-8-10-16(11-9-15)22-20(26)17-12-18(25)23(2)19(17)14-6-4-3-5-7-14/h3-11,17,19H,12H2,1-2H3,(H,21,24)(H,22,26)/t17-,19+/m0/s1. The zero-order valence-electron chi connectivity index (χ0n) is 14.7. The third kappa shape index (κ3) is 3.74. The van der Waals surface area contributed by atoms with Gasteiger partial charge in [-0.15, -0.1) is 0 Å². The lowest BCUT2D eigenvalue weighted by Crippen LogP contribution is -2.30. The molecule has 1 heterocycles. The zero-order chi connectivity index (χ0) is 18.7. The molecule has 134 valence electrons. The fraction of sp³-hybridized carbons (Fsp3) is 0.250. The lowest BCUT2D eigenvalue weighted by molar-refractivity contribution is -0.128. The van der Waals surface area contributed by atoms with Crippen molar-refractivity contribution in [2.75, 3.05) is 17.7 Å². The van der Waals surface area contributed by atoms with Gasteiger partial charge in [0.15, 0.2) is 0 Å². The van der Waals surface area contributed by atoms with Crippen LogP contribution in [-0.4, -0.2) is 29.7 Å². The summed E-state index contributed by atoms with van der Waals surface area (Å²) in [4.78, 5) is 37.7. The van der Waals surface area contributed by atoms with Crippen molar-refractivity contribution < 1.29 is 14.4 Å². The minimum absolute atomic E-state index is 0.0417. The molecule has 26 heavy (non-hydrogen) atoms. The Balaban J connectivity index is 1.75. The van der Waals surface area contributed by atoms with Crippen LogP contribution in [0.15, 0.2) is 54.6 Å². The average Bonchev–Trinajstić information content (AvgIpc) is 2.92. The van der Waals surface area contributed by atoms with E-state index in [1.165, 1.54) is 6.92 Å². The number of amides is 3. The number of carbonyl (C=O) groups excluding carboxylic acids is 3. The molecule has 1 aliphatic rings. The predicted molar refractivity (Wildman–Crippen MR) is 99.4 cm³/mol. The van der Waals surface area contributed by atoms with Crippen molar-refractivity contribution in [3.63, 3.8) is 0 Å². The third-order valence-corrected chi connectivity index (χ3v) is 4.54. The van der Waals surface area contributed by atoms with Crippen LogP contribution in [0.1, 0.15) is 24.9 Å². The maximum Gasteiger partial charge on any atom is 0.230 e. The van der Waals surface area contributed by atoms with E-state index in [0.29, 0.717) is 11.4 Å². The highest BCUT2D eigenvalue weighted by Crippen LogP contribution is 2.37. The van der Waals surface area contributed by atoms with E-state index in [1.807, 2.05) is 30.3 Å². The highest BCUT2D eigenvalue weighted by Gasteiger charge is 2.42. The highest BCUT2D eigenvalue weighted by atomic mass is 16.2. The molecular weight excluding hydrogens is 330 g/mol. The molecule has 2 aromatic carbocycles. The van der Waals surface area contributed by atoms with Crippen molar-refractivity contribution in [1.82, 2.24) is 4.90 Å². The van der Waals surface area contributed by atoms with Crippen molar-refractivity contribution in [1.29, 1.82) is 0 Å². The van der Waals surface area contributed by atoms with Crippen molar-refractivity contribution in [2.45, 2.75) is 19.4 Å². The molecule has 6 nitrogen and oxygen atoms in total. The van der Waals surface area contributed by atoms with Crippen LogP contribution in [0.25, 0.3) is 0 Å². The van der Waals surface area contributed by atoms with Gasteiger partial charge in [0.1, 0.15) is 0 Å². The Morgan fingerprint density at radius 3 is 2.12 bits per heavy atom. The summed E-state index contributed by atoms with van der Waals surface area (Å²) >= 11 is 0. The zero-order valence-corrected chi connectivity index (χ0v) is 14.7. The molecule has 0 aliphatic carbocycles. The molecule has 0 bridgehead atoms. The van der Waals surface area contributed by atoms with Gasteiger partial charge < -0.3 is 15.5 Å². The molecule has 0 saturated carbocycles. The van der Waals surface area contributed by atoms with Crippen LogP contribution in [-0.2, 0) is 14.4 Å². The van der Waals surface area contributed by atoms with E-state index in [4.69, 9.17) is 0 Å². The fourth-order valence-corrected chi connectivity index (χ4v) is 3.29. The van der Waals surface area contributed by atoms with Crippen molar-refractivity contribution >= 4 is 29.1 Å². The van der Waals surface area contributed by atoms with Crippen LogP contribution >= 0.6 is 0 Å². The van der Waals surface area contributed by atoms with E-state index in [2.05, 4.69) is 10.6 Å². The van der Waals surface area contributed by atoms with Crippen LogP contribution in [0.3, 0.4) is 0 Å². The van der Waals surface area contributed by atoms with Gasteiger partial charge in [0.05, 0.1) is 12.0 Å². The van der Waals surface area contributed by atoms with Gasteiger partial charge in [-0.25, -0.2) is 0 Å². The second-order valence-electron chi connectivity index (χ2n) is 6.42. The molecule has 6 heteroatoms. The van der Waals surface area contributed by atoms with E-state index < -0.39 is 5.92 Å². The number of carbonyl (C=O) groups is 3. The third-order valence-electron chi connectivity index (χ3n) is 4.54.